The number of benzene rings is 3. The van der Waals surface area contributed by atoms with Crippen LogP contribution in [0.25, 0.3) is 0 Å². The first-order valence-electron chi connectivity index (χ1n) is 14.2. The Morgan fingerprint density at radius 1 is 1.02 bits per heavy atom. The molecule has 1 fully saturated rings. The van der Waals surface area contributed by atoms with Crippen LogP contribution in [-0.4, -0.2) is 69.7 Å². The number of rotatable bonds is 11. The molecule has 3 aromatic carbocycles. The van der Waals surface area contributed by atoms with E-state index in [-0.39, 0.29) is 42.0 Å². The van der Waals surface area contributed by atoms with Gasteiger partial charge < -0.3 is 21.1 Å². The largest absolute Gasteiger partial charge is 0.390 e. The van der Waals surface area contributed by atoms with Crippen molar-refractivity contribution in [3.8, 4) is 0 Å². The minimum absolute atomic E-state index is 0.0175. The van der Waals surface area contributed by atoms with E-state index in [1.54, 1.807) is 6.92 Å². The maximum atomic E-state index is 13.7. The number of nitrogens with one attached hydrogen (secondary N) is 3. The molecule has 3 aromatic rings. The standard InChI is InChI=1S/C32H37FN4O6S/c1-20(22-9-11-25(33)12-10-22)35-31(40)23-16-24(18-26(17-23)37(2)44(3,42)43)32(41)36-28(15-21-7-5-4-6-8-21)30(39)27-19-34-14-13-29(27)38/h4-12,16-18,20,27-28,30,34,39H,13-15,19H2,1-3H3,(H,35,40)(H,36,41). The minimum atomic E-state index is -3.76. The van der Waals surface area contributed by atoms with Crippen LogP contribution in [0, 0.1) is 11.7 Å². The lowest BCUT2D eigenvalue weighted by atomic mass is 9.86. The lowest BCUT2D eigenvalue weighted by molar-refractivity contribution is -0.128. The second kappa shape index (κ2) is 14.1. The van der Waals surface area contributed by atoms with Gasteiger partial charge in [-0.2, -0.15) is 0 Å². The number of sulfonamides is 1. The van der Waals surface area contributed by atoms with Gasteiger partial charge in [0.2, 0.25) is 10.0 Å². The molecular weight excluding hydrogens is 587 g/mol. The van der Waals surface area contributed by atoms with Crippen LogP contribution in [0.3, 0.4) is 0 Å². The quantitative estimate of drug-likeness (QED) is 0.257. The molecule has 0 radical (unpaired) electrons. The number of anilines is 1. The fourth-order valence-electron chi connectivity index (χ4n) is 5.10. The minimum Gasteiger partial charge on any atom is -0.390 e. The van der Waals surface area contributed by atoms with Crippen molar-refractivity contribution in [3.63, 3.8) is 0 Å². The van der Waals surface area contributed by atoms with Crippen LogP contribution < -0.4 is 20.3 Å². The van der Waals surface area contributed by atoms with Crippen LogP contribution in [0.2, 0.25) is 0 Å². The summed E-state index contributed by atoms with van der Waals surface area (Å²) in [6.45, 7) is 2.50. The molecule has 1 aliphatic rings. The zero-order chi connectivity index (χ0) is 32.0. The fourth-order valence-corrected chi connectivity index (χ4v) is 5.59. The lowest BCUT2D eigenvalue weighted by Gasteiger charge is -2.32. The van der Waals surface area contributed by atoms with Gasteiger partial charge in [0.05, 0.1) is 36.0 Å². The molecule has 4 rings (SSSR count). The lowest BCUT2D eigenvalue weighted by Crippen LogP contribution is -2.53. The van der Waals surface area contributed by atoms with Gasteiger partial charge in [0.1, 0.15) is 11.6 Å². The van der Waals surface area contributed by atoms with Gasteiger partial charge in [0.15, 0.2) is 0 Å². The number of amides is 2. The number of carbonyl (C=O) groups excluding carboxylic acids is 3. The Labute approximate surface area is 256 Å². The van der Waals surface area contributed by atoms with Crippen LogP contribution in [0.4, 0.5) is 10.1 Å². The molecule has 0 aromatic heterocycles. The Bertz CT molecular complexity index is 1600. The van der Waals surface area contributed by atoms with Crippen LogP contribution in [0.15, 0.2) is 72.8 Å². The maximum Gasteiger partial charge on any atom is 0.251 e. The van der Waals surface area contributed by atoms with E-state index in [4.69, 9.17) is 0 Å². The van der Waals surface area contributed by atoms with Gasteiger partial charge in [0.25, 0.3) is 11.8 Å². The molecule has 1 saturated heterocycles. The van der Waals surface area contributed by atoms with Crippen LogP contribution in [-0.2, 0) is 21.2 Å². The van der Waals surface area contributed by atoms with Gasteiger partial charge in [-0.25, -0.2) is 12.8 Å². The fraction of sp³-hybridized carbons (Fsp3) is 0.344. The molecule has 4 atom stereocenters. The Hall–Kier alpha value is -4.13. The zero-order valence-corrected chi connectivity index (χ0v) is 25.6. The van der Waals surface area contributed by atoms with Crippen LogP contribution in [0.1, 0.15) is 51.2 Å². The number of halogens is 1. The highest BCUT2D eigenvalue weighted by molar-refractivity contribution is 7.92. The molecule has 4 unspecified atom stereocenters. The third-order valence-corrected chi connectivity index (χ3v) is 8.99. The summed E-state index contributed by atoms with van der Waals surface area (Å²) in [5, 5.41) is 20.1. The van der Waals surface area contributed by atoms with Crippen LogP contribution in [0.5, 0.6) is 0 Å². The predicted octanol–water partition coefficient (Wildman–Crippen LogP) is 2.59. The van der Waals surface area contributed by atoms with E-state index in [0.29, 0.717) is 12.1 Å². The van der Waals surface area contributed by atoms with Gasteiger partial charge >= 0.3 is 0 Å². The molecule has 1 heterocycles. The predicted molar refractivity (Wildman–Crippen MR) is 165 cm³/mol. The number of aliphatic hydroxyl groups excluding tert-OH is 1. The van der Waals surface area contributed by atoms with E-state index in [9.17, 15) is 32.3 Å². The second-order valence-corrected chi connectivity index (χ2v) is 13.0. The summed E-state index contributed by atoms with van der Waals surface area (Å²) >= 11 is 0. The molecule has 4 N–H and O–H groups in total. The monoisotopic (exact) mass is 624 g/mol. The SMILES string of the molecule is CC(NC(=O)c1cc(C(=O)NC(Cc2ccccc2)C(O)C2CNCCC2=O)cc(N(C)S(C)(=O)=O)c1)c1ccc(F)cc1. The van der Waals surface area contributed by atoms with Crippen molar-refractivity contribution in [1.29, 1.82) is 0 Å². The number of hydrogen-bond acceptors (Lipinski definition) is 7. The average molecular weight is 625 g/mol. The number of aliphatic hydroxyl groups is 1. The highest BCUT2D eigenvalue weighted by Crippen LogP contribution is 2.23. The molecule has 1 aliphatic heterocycles. The normalized spacial score (nSPS) is 17.3. The summed E-state index contributed by atoms with van der Waals surface area (Å²) in [5.41, 5.74) is 1.55. The first-order valence-corrected chi connectivity index (χ1v) is 16.1. The first-order chi connectivity index (χ1) is 20.8. The molecule has 0 spiro atoms. The highest BCUT2D eigenvalue weighted by Gasteiger charge is 2.35. The van der Waals surface area contributed by atoms with E-state index in [1.165, 1.54) is 49.5 Å². The van der Waals surface area contributed by atoms with Gasteiger partial charge in [-0.15, -0.1) is 0 Å². The van der Waals surface area contributed by atoms with Crippen molar-refractivity contribution in [2.45, 2.75) is 38.0 Å². The van der Waals surface area contributed by atoms with E-state index in [1.807, 2.05) is 30.3 Å². The molecule has 234 valence electrons. The number of carbonyl (C=O) groups is 3. The third kappa shape index (κ3) is 8.28. The molecule has 0 aliphatic carbocycles. The molecule has 2 amide bonds. The Morgan fingerprint density at radius 2 is 1.64 bits per heavy atom. The van der Waals surface area contributed by atoms with Gasteiger partial charge in [0, 0.05) is 37.7 Å². The van der Waals surface area contributed by atoms with Crippen molar-refractivity contribution in [2.75, 3.05) is 30.7 Å². The Kier molecular flexibility index (Phi) is 10.5. The number of Topliss-reactive ketones (excluding diaryl/α,β-unsaturated/α-hetero) is 1. The van der Waals surface area contributed by atoms with E-state index < -0.39 is 51.8 Å². The number of hydrogen-bond donors (Lipinski definition) is 4. The number of piperidine rings is 1. The smallest absolute Gasteiger partial charge is 0.251 e. The van der Waals surface area contributed by atoms with E-state index in [2.05, 4.69) is 16.0 Å². The highest BCUT2D eigenvalue weighted by atomic mass is 32.2. The number of nitrogens with zero attached hydrogens (tertiary/aromatic N) is 1. The third-order valence-electron chi connectivity index (χ3n) is 7.79. The number of ketones is 1. The van der Waals surface area contributed by atoms with Gasteiger partial charge in [-0.1, -0.05) is 42.5 Å². The van der Waals surface area contributed by atoms with Gasteiger partial charge in [-0.3, -0.25) is 18.7 Å². The first kappa shape index (κ1) is 32.8. The maximum absolute atomic E-state index is 13.7. The van der Waals surface area contributed by atoms with Crippen molar-refractivity contribution < 1.29 is 32.3 Å². The van der Waals surface area contributed by atoms with Gasteiger partial charge in [-0.05, 0) is 54.8 Å². The molecular formula is C32H37FN4O6S. The van der Waals surface area contributed by atoms with Crippen LogP contribution >= 0.6 is 0 Å². The zero-order valence-electron chi connectivity index (χ0n) is 24.8. The van der Waals surface area contributed by atoms with Crippen molar-refractivity contribution in [3.05, 3.63) is 101 Å². The van der Waals surface area contributed by atoms with Crippen molar-refractivity contribution in [1.82, 2.24) is 16.0 Å². The summed E-state index contributed by atoms with van der Waals surface area (Å²) in [6.07, 6.45) is 0.281. The molecule has 44 heavy (non-hydrogen) atoms. The van der Waals surface area contributed by atoms with E-state index in [0.717, 1.165) is 16.1 Å². The summed E-state index contributed by atoms with van der Waals surface area (Å²) in [7, 11) is -2.45. The topological polar surface area (TPSA) is 145 Å². The summed E-state index contributed by atoms with van der Waals surface area (Å²) < 4.78 is 39.1. The summed E-state index contributed by atoms with van der Waals surface area (Å²) in [5.74, 6) is -2.49. The average Bonchev–Trinajstić information content (AvgIpc) is 3.00. The molecule has 10 nitrogen and oxygen atoms in total. The molecule has 12 heteroatoms. The molecule has 0 bridgehead atoms. The second-order valence-electron chi connectivity index (χ2n) is 11.0. The summed E-state index contributed by atoms with van der Waals surface area (Å²) in [4.78, 5) is 39.7. The van der Waals surface area contributed by atoms with E-state index >= 15 is 0 Å². The summed E-state index contributed by atoms with van der Waals surface area (Å²) in [6, 6.07) is 17.5. The Morgan fingerprint density at radius 3 is 2.23 bits per heavy atom. The molecule has 0 saturated carbocycles. The van der Waals surface area contributed by atoms with Crippen molar-refractivity contribution in [2.24, 2.45) is 5.92 Å². The van der Waals surface area contributed by atoms with Crippen molar-refractivity contribution >= 4 is 33.3 Å². The Balaban J connectivity index is 1.65.